The lowest BCUT2D eigenvalue weighted by molar-refractivity contribution is 0.346. The standard InChI is InChI=1S/C18H21NO/c20-17-10-8-15(9-11-17)18(14-5-2-1-3-6-14)16-7-4-12-19-13-16/h1-3,5-6,8-11,16,18-20H,4,7,12-13H2. The first kappa shape index (κ1) is 13.2. The van der Waals surface area contributed by atoms with Gasteiger partial charge in [0.05, 0.1) is 0 Å². The number of hydrogen-bond acceptors (Lipinski definition) is 2. The van der Waals surface area contributed by atoms with Gasteiger partial charge in [0.1, 0.15) is 5.75 Å². The van der Waals surface area contributed by atoms with Crippen molar-refractivity contribution < 1.29 is 5.11 Å². The molecule has 0 spiro atoms. The van der Waals surface area contributed by atoms with Crippen LogP contribution >= 0.6 is 0 Å². The van der Waals surface area contributed by atoms with Crippen LogP contribution in [0, 0.1) is 5.92 Å². The van der Waals surface area contributed by atoms with Crippen molar-refractivity contribution in [2.75, 3.05) is 13.1 Å². The van der Waals surface area contributed by atoms with Crippen molar-refractivity contribution in [1.29, 1.82) is 0 Å². The molecule has 2 heteroatoms. The lowest BCUT2D eigenvalue weighted by Gasteiger charge is -2.31. The molecule has 0 amide bonds. The molecule has 20 heavy (non-hydrogen) atoms. The topological polar surface area (TPSA) is 32.3 Å². The molecule has 2 aromatic carbocycles. The Hall–Kier alpha value is -1.80. The Labute approximate surface area is 120 Å². The minimum atomic E-state index is 0.335. The maximum atomic E-state index is 9.51. The number of aromatic hydroxyl groups is 1. The molecule has 2 unspecified atom stereocenters. The zero-order valence-corrected chi connectivity index (χ0v) is 11.6. The van der Waals surface area contributed by atoms with E-state index in [0.717, 1.165) is 13.1 Å². The van der Waals surface area contributed by atoms with Crippen molar-refractivity contribution in [2.45, 2.75) is 18.8 Å². The monoisotopic (exact) mass is 267 g/mol. The minimum absolute atomic E-state index is 0.335. The van der Waals surface area contributed by atoms with Crippen LogP contribution in [0.4, 0.5) is 0 Å². The number of piperidine rings is 1. The molecule has 0 radical (unpaired) electrons. The summed E-state index contributed by atoms with van der Waals surface area (Å²) in [6, 6.07) is 18.4. The number of nitrogens with one attached hydrogen (secondary N) is 1. The summed E-state index contributed by atoms with van der Waals surface area (Å²) in [5.74, 6) is 1.36. The van der Waals surface area contributed by atoms with Gasteiger partial charge in [-0.15, -0.1) is 0 Å². The summed E-state index contributed by atoms with van der Waals surface area (Å²) in [4.78, 5) is 0. The van der Waals surface area contributed by atoms with Crippen molar-refractivity contribution in [2.24, 2.45) is 5.92 Å². The van der Waals surface area contributed by atoms with E-state index in [1.54, 1.807) is 12.1 Å². The van der Waals surface area contributed by atoms with E-state index in [4.69, 9.17) is 0 Å². The van der Waals surface area contributed by atoms with Crippen LogP contribution in [0.15, 0.2) is 54.6 Å². The molecule has 1 aliphatic rings. The van der Waals surface area contributed by atoms with Crippen LogP contribution in [0.3, 0.4) is 0 Å². The molecule has 104 valence electrons. The number of benzene rings is 2. The smallest absolute Gasteiger partial charge is 0.115 e. The predicted molar refractivity (Wildman–Crippen MR) is 82.0 cm³/mol. The van der Waals surface area contributed by atoms with Gasteiger partial charge in [-0.3, -0.25) is 0 Å². The van der Waals surface area contributed by atoms with E-state index in [1.807, 2.05) is 0 Å². The van der Waals surface area contributed by atoms with Crippen molar-refractivity contribution in [3.05, 3.63) is 65.7 Å². The molecule has 1 saturated heterocycles. The second-order valence-electron chi connectivity index (χ2n) is 5.59. The van der Waals surface area contributed by atoms with Crippen LogP contribution in [0.25, 0.3) is 0 Å². The van der Waals surface area contributed by atoms with Gasteiger partial charge in [0, 0.05) is 5.92 Å². The van der Waals surface area contributed by atoms with E-state index in [2.05, 4.69) is 47.8 Å². The van der Waals surface area contributed by atoms with E-state index in [-0.39, 0.29) is 0 Å². The van der Waals surface area contributed by atoms with Gasteiger partial charge in [-0.1, -0.05) is 42.5 Å². The summed E-state index contributed by atoms with van der Waals surface area (Å²) in [5.41, 5.74) is 2.66. The highest BCUT2D eigenvalue weighted by Gasteiger charge is 2.26. The summed E-state index contributed by atoms with van der Waals surface area (Å²) in [6.45, 7) is 2.20. The largest absolute Gasteiger partial charge is 0.508 e. The van der Waals surface area contributed by atoms with Crippen molar-refractivity contribution in [3.63, 3.8) is 0 Å². The molecule has 0 bridgehead atoms. The van der Waals surface area contributed by atoms with Crippen molar-refractivity contribution >= 4 is 0 Å². The predicted octanol–water partition coefficient (Wildman–Crippen LogP) is 3.52. The van der Waals surface area contributed by atoms with Crippen LogP contribution in [0.2, 0.25) is 0 Å². The third-order valence-corrected chi connectivity index (χ3v) is 4.22. The average Bonchev–Trinajstić information content (AvgIpc) is 2.52. The Morgan fingerprint density at radius 1 is 0.950 bits per heavy atom. The lowest BCUT2D eigenvalue weighted by atomic mass is 9.77. The molecule has 1 aliphatic heterocycles. The maximum absolute atomic E-state index is 9.51. The summed E-state index contributed by atoms with van der Waals surface area (Å²) >= 11 is 0. The molecular weight excluding hydrogens is 246 g/mol. The van der Waals surface area contributed by atoms with Gasteiger partial charge in [0.15, 0.2) is 0 Å². The highest BCUT2D eigenvalue weighted by molar-refractivity contribution is 5.36. The first-order valence-electron chi connectivity index (χ1n) is 7.39. The molecule has 1 heterocycles. The van der Waals surface area contributed by atoms with E-state index >= 15 is 0 Å². The molecule has 2 aromatic rings. The Morgan fingerprint density at radius 3 is 2.30 bits per heavy atom. The molecule has 3 rings (SSSR count). The third kappa shape index (κ3) is 2.86. The molecule has 0 aliphatic carbocycles. The summed E-state index contributed by atoms with van der Waals surface area (Å²) in [6.07, 6.45) is 2.50. The first-order chi connectivity index (χ1) is 9.84. The van der Waals surface area contributed by atoms with E-state index in [1.165, 1.54) is 24.0 Å². The van der Waals surface area contributed by atoms with Crippen LogP contribution in [-0.4, -0.2) is 18.2 Å². The van der Waals surface area contributed by atoms with Gasteiger partial charge in [0.2, 0.25) is 0 Å². The number of phenols is 1. The summed E-state index contributed by atoms with van der Waals surface area (Å²) in [7, 11) is 0. The Bertz CT molecular complexity index is 529. The highest BCUT2D eigenvalue weighted by atomic mass is 16.3. The summed E-state index contributed by atoms with van der Waals surface area (Å²) in [5, 5.41) is 13.0. The molecule has 0 saturated carbocycles. The fourth-order valence-electron chi connectivity index (χ4n) is 3.24. The Balaban J connectivity index is 1.96. The Kier molecular flexibility index (Phi) is 4.03. The van der Waals surface area contributed by atoms with Gasteiger partial charge in [-0.2, -0.15) is 0 Å². The van der Waals surface area contributed by atoms with Gasteiger partial charge in [-0.05, 0) is 55.1 Å². The van der Waals surface area contributed by atoms with Crippen LogP contribution in [-0.2, 0) is 0 Å². The molecular formula is C18H21NO. The second kappa shape index (κ2) is 6.10. The fourth-order valence-corrected chi connectivity index (χ4v) is 3.24. The maximum Gasteiger partial charge on any atom is 0.115 e. The zero-order valence-electron chi connectivity index (χ0n) is 11.6. The molecule has 2 N–H and O–H groups in total. The fraction of sp³-hybridized carbons (Fsp3) is 0.333. The Morgan fingerprint density at radius 2 is 1.65 bits per heavy atom. The van der Waals surface area contributed by atoms with E-state index in [0.29, 0.717) is 17.6 Å². The van der Waals surface area contributed by atoms with Crippen LogP contribution in [0.1, 0.15) is 29.9 Å². The minimum Gasteiger partial charge on any atom is -0.508 e. The van der Waals surface area contributed by atoms with Crippen LogP contribution < -0.4 is 5.32 Å². The third-order valence-electron chi connectivity index (χ3n) is 4.22. The number of phenolic OH excluding ortho intramolecular Hbond substituents is 1. The highest BCUT2D eigenvalue weighted by Crippen LogP contribution is 2.35. The van der Waals surface area contributed by atoms with Gasteiger partial charge in [-0.25, -0.2) is 0 Å². The normalized spacial score (nSPS) is 20.5. The number of hydrogen-bond donors (Lipinski definition) is 2. The molecule has 2 atom stereocenters. The first-order valence-corrected chi connectivity index (χ1v) is 7.39. The van der Waals surface area contributed by atoms with Crippen molar-refractivity contribution in [3.8, 4) is 5.75 Å². The van der Waals surface area contributed by atoms with Crippen molar-refractivity contribution in [1.82, 2.24) is 5.32 Å². The molecule has 2 nitrogen and oxygen atoms in total. The molecule has 1 fully saturated rings. The van der Waals surface area contributed by atoms with E-state index < -0.39 is 0 Å². The lowest BCUT2D eigenvalue weighted by Crippen LogP contribution is -2.33. The molecule has 0 aromatic heterocycles. The number of rotatable bonds is 3. The van der Waals surface area contributed by atoms with Gasteiger partial charge >= 0.3 is 0 Å². The average molecular weight is 267 g/mol. The SMILES string of the molecule is Oc1ccc(C(c2ccccc2)C2CCCNC2)cc1. The van der Waals surface area contributed by atoms with E-state index in [9.17, 15) is 5.11 Å². The van der Waals surface area contributed by atoms with Gasteiger partial charge < -0.3 is 10.4 Å². The van der Waals surface area contributed by atoms with Gasteiger partial charge in [0.25, 0.3) is 0 Å². The zero-order chi connectivity index (χ0) is 13.8. The summed E-state index contributed by atoms with van der Waals surface area (Å²) < 4.78 is 0. The van der Waals surface area contributed by atoms with Crippen LogP contribution in [0.5, 0.6) is 5.75 Å². The second-order valence-corrected chi connectivity index (χ2v) is 5.59. The quantitative estimate of drug-likeness (QED) is 0.891.